The summed E-state index contributed by atoms with van der Waals surface area (Å²) in [6.45, 7) is 6.83. The van der Waals surface area contributed by atoms with Gasteiger partial charge in [-0.05, 0) is 75.9 Å². The van der Waals surface area contributed by atoms with Crippen molar-refractivity contribution in [3.63, 3.8) is 0 Å². The SMILES string of the molecule is Cc1oc(-c2ccc(Cl)cc2)nc1CN1CCC(C(=O)N[C@@H]2CCCC[C@H]2C)CC1. The minimum Gasteiger partial charge on any atom is -0.441 e. The number of likely N-dealkylation sites (tertiary alicyclic amines) is 1. The minimum atomic E-state index is 0.137. The quantitative estimate of drug-likeness (QED) is 0.708. The van der Waals surface area contributed by atoms with Crippen LogP contribution in [0.15, 0.2) is 28.7 Å². The van der Waals surface area contributed by atoms with Crippen LogP contribution in [0.25, 0.3) is 11.5 Å². The second-order valence-corrected chi connectivity index (χ2v) is 9.39. The van der Waals surface area contributed by atoms with Gasteiger partial charge in [0.2, 0.25) is 11.8 Å². The van der Waals surface area contributed by atoms with Gasteiger partial charge in [-0.25, -0.2) is 4.98 Å². The Morgan fingerprint density at radius 3 is 2.57 bits per heavy atom. The van der Waals surface area contributed by atoms with Gasteiger partial charge in [-0.15, -0.1) is 0 Å². The number of aryl methyl sites for hydroxylation is 1. The van der Waals surface area contributed by atoms with Crippen LogP contribution in [0.2, 0.25) is 5.02 Å². The average Bonchev–Trinajstić information content (AvgIpc) is 3.11. The number of carbonyl (C=O) groups is 1. The van der Waals surface area contributed by atoms with Gasteiger partial charge in [0, 0.05) is 29.1 Å². The van der Waals surface area contributed by atoms with E-state index in [0.29, 0.717) is 22.9 Å². The molecule has 2 heterocycles. The van der Waals surface area contributed by atoms with Crippen molar-refractivity contribution >= 4 is 17.5 Å². The highest BCUT2D eigenvalue weighted by atomic mass is 35.5. The summed E-state index contributed by atoms with van der Waals surface area (Å²) in [6.07, 6.45) is 6.73. The molecule has 0 radical (unpaired) electrons. The van der Waals surface area contributed by atoms with E-state index in [1.165, 1.54) is 19.3 Å². The van der Waals surface area contributed by atoms with Gasteiger partial charge < -0.3 is 9.73 Å². The lowest BCUT2D eigenvalue weighted by molar-refractivity contribution is -0.127. The van der Waals surface area contributed by atoms with E-state index in [2.05, 4.69) is 17.1 Å². The predicted octanol–water partition coefficient (Wildman–Crippen LogP) is 5.21. The van der Waals surface area contributed by atoms with Crippen molar-refractivity contribution in [3.05, 3.63) is 40.7 Å². The highest BCUT2D eigenvalue weighted by molar-refractivity contribution is 6.30. The van der Waals surface area contributed by atoms with Crippen LogP contribution in [0.1, 0.15) is 56.9 Å². The molecule has 2 atom stereocenters. The fraction of sp³-hybridized carbons (Fsp3) is 0.583. The molecule has 0 spiro atoms. The molecular weight excluding hydrogens is 398 g/mol. The van der Waals surface area contributed by atoms with Crippen LogP contribution < -0.4 is 5.32 Å². The number of halogens is 1. The summed E-state index contributed by atoms with van der Waals surface area (Å²) in [5, 5.41) is 4.04. The summed E-state index contributed by atoms with van der Waals surface area (Å²) in [6, 6.07) is 7.91. The molecule has 1 aliphatic heterocycles. The Hall–Kier alpha value is -1.85. The Bertz CT molecular complexity index is 856. The lowest BCUT2D eigenvalue weighted by Crippen LogP contribution is -2.46. The monoisotopic (exact) mass is 429 g/mol. The normalized spacial score (nSPS) is 23.4. The van der Waals surface area contributed by atoms with E-state index in [1.54, 1.807) is 0 Å². The zero-order valence-corrected chi connectivity index (χ0v) is 18.8. The number of hydrogen-bond donors (Lipinski definition) is 1. The molecule has 0 bridgehead atoms. The van der Waals surface area contributed by atoms with Crippen LogP contribution in [-0.4, -0.2) is 34.9 Å². The molecular formula is C24H32ClN3O2. The number of benzene rings is 1. The number of piperidine rings is 1. The fourth-order valence-corrected chi connectivity index (χ4v) is 4.81. The summed E-state index contributed by atoms with van der Waals surface area (Å²) in [5.74, 6) is 2.49. The van der Waals surface area contributed by atoms with Gasteiger partial charge in [-0.2, -0.15) is 0 Å². The third-order valence-electron chi connectivity index (χ3n) is 6.75. The van der Waals surface area contributed by atoms with Crippen molar-refractivity contribution in [2.24, 2.45) is 11.8 Å². The van der Waals surface area contributed by atoms with E-state index in [9.17, 15) is 4.79 Å². The molecule has 6 heteroatoms. The highest BCUT2D eigenvalue weighted by Crippen LogP contribution is 2.27. The molecule has 1 aromatic heterocycles. The third kappa shape index (κ3) is 5.06. The van der Waals surface area contributed by atoms with Gasteiger partial charge in [-0.3, -0.25) is 9.69 Å². The van der Waals surface area contributed by atoms with Crippen LogP contribution in [0, 0.1) is 18.8 Å². The number of hydrogen-bond acceptors (Lipinski definition) is 4. The Kier molecular flexibility index (Phi) is 6.79. The number of nitrogens with zero attached hydrogens (tertiary/aromatic N) is 2. The number of amides is 1. The first-order chi connectivity index (χ1) is 14.5. The minimum absolute atomic E-state index is 0.137. The van der Waals surface area contributed by atoms with Gasteiger partial charge in [0.25, 0.3) is 0 Å². The molecule has 2 fully saturated rings. The van der Waals surface area contributed by atoms with Gasteiger partial charge in [0.1, 0.15) is 5.76 Å². The topological polar surface area (TPSA) is 58.4 Å². The Labute approximate surface area is 184 Å². The second kappa shape index (κ2) is 9.52. The molecule has 162 valence electrons. The molecule has 1 aliphatic carbocycles. The third-order valence-corrected chi connectivity index (χ3v) is 7.01. The van der Waals surface area contributed by atoms with Crippen LogP contribution in [0.5, 0.6) is 0 Å². The van der Waals surface area contributed by atoms with E-state index in [0.717, 1.165) is 55.9 Å². The lowest BCUT2D eigenvalue weighted by Gasteiger charge is -2.34. The van der Waals surface area contributed by atoms with Crippen molar-refractivity contribution in [2.75, 3.05) is 13.1 Å². The van der Waals surface area contributed by atoms with Crippen LogP contribution >= 0.6 is 11.6 Å². The van der Waals surface area contributed by atoms with Gasteiger partial charge >= 0.3 is 0 Å². The number of oxazole rings is 1. The lowest BCUT2D eigenvalue weighted by atomic mass is 9.85. The van der Waals surface area contributed by atoms with E-state index in [-0.39, 0.29) is 11.8 Å². The molecule has 2 aromatic rings. The maximum atomic E-state index is 12.7. The molecule has 4 rings (SSSR count). The molecule has 30 heavy (non-hydrogen) atoms. The van der Waals surface area contributed by atoms with Crippen molar-refractivity contribution in [1.82, 2.24) is 15.2 Å². The molecule has 2 aliphatic rings. The first kappa shape index (κ1) is 21.4. The summed E-state index contributed by atoms with van der Waals surface area (Å²) in [7, 11) is 0. The summed E-state index contributed by atoms with van der Waals surface area (Å²) in [4.78, 5) is 19.8. The number of rotatable bonds is 5. The van der Waals surface area contributed by atoms with Crippen molar-refractivity contribution < 1.29 is 9.21 Å². The van der Waals surface area contributed by atoms with Gasteiger partial charge in [0.05, 0.1) is 5.69 Å². The zero-order chi connectivity index (χ0) is 21.1. The average molecular weight is 430 g/mol. The summed E-state index contributed by atoms with van der Waals surface area (Å²) < 4.78 is 5.89. The summed E-state index contributed by atoms with van der Waals surface area (Å²) in [5.41, 5.74) is 1.90. The summed E-state index contributed by atoms with van der Waals surface area (Å²) >= 11 is 5.97. The van der Waals surface area contributed by atoms with Crippen LogP contribution in [-0.2, 0) is 11.3 Å². The Morgan fingerprint density at radius 1 is 1.17 bits per heavy atom. The molecule has 1 saturated heterocycles. The highest BCUT2D eigenvalue weighted by Gasteiger charge is 2.29. The smallest absolute Gasteiger partial charge is 0.226 e. The van der Waals surface area contributed by atoms with Crippen molar-refractivity contribution in [3.8, 4) is 11.5 Å². The largest absolute Gasteiger partial charge is 0.441 e. The molecule has 0 unspecified atom stereocenters. The van der Waals surface area contributed by atoms with E-state index in [4.69, 9.17) is 21.0 Å². The molecule has 1 aromatic carbocycles. The maximum Gasteiger partial charge on any atom is 0.226 e. The molecule has 1 N–H and O–H groups in total. The van der Waals surface area contributed by atoms with E-state index < -0.39 is 0 Å². The molecule has 1 amide bonds. The fourth-order valence-electron chi connectivity index (χ4n) is 4.69. The first-order valence-corrected chi connectivity index (χ1v) is 11.6. The van der Waals surface area contributed by atoms with Crippen LogP contribution in [0.3, 0.4) is 0 Å². The molecule has 5 nitrogen and oxygen atoms in total. The maximum absolute atomic E-state index is 12.7. The van der Waals surface area contributed by atoms with E-state index >= 15 is 0 Å². The number of aromatic nitrogens is 1. The Balaban J connectivity index is 1.29. The van der Waals surface area contributed by atoms with Crippen molar-refractivity contribution in [2.45, 2.75) is 65.0 Å². The van der Waals surface area contributed by atoms with E-state index in [1.807, 2.05) is 31.2 Å². The number of nitrogens with one attached hydrogen (secondary N) is 1. The zero-order valence-electron chi connectivity index (χ0n) is 18.0. The van der Waals surface area contributed by atoms with Crippen LogP contribution in [0.4, 0.5) is 0 Å². The second-order valence-electron chi connectivity index (χ2n) is 8.96. The molecule has 1 saturated carbocycles. The Morgan fingerprint density at radius 2 is 1.87 bits per heavy atom. The van der Waals surface area contributed by atoms with Gasteiger partial charge in [0.15, 0.2) is 0 Å². The standard InChI is InChI=1S/C24H32ClN3O2/c1-16-5-3-4-6-21(16)26-23(29)18-11-13-28(14-12-18)15-22-17(2)30-24(27-22)19-7-9-20(25)10-8-19/h7-10,16,18,21H,3-6,11-15H2,1-2H3,(H,26,29)/t16-,21-/m1/s1. The first-order valence-electron chi connectivity index (χ1n) is 11.2. The number of carbonyl (C=O) groups excluding carboxylic acids is 1. The predicted molar refractivity (Wildman–Crippen MR) is 119 cm³/mol. The van der Waals surface area contributed by atoms with Gasteiger partial charge in [-0.1, -0.05) is 31.4 Å². The van der Waals surface area contributed by atoms with Crippen molar-refractivity contribution in [1.29, 1.82) is 0 Å².